The Morgan fingerprint density at radius 1 is 1.41 bits per heavy atom. The highest BCUT2D eigenvalue weighted by molar-refractivity contribution is 9.10. The first kappa shape index (κ1) is 13.3. The number of hydrogen-bond acceptors (Lipinski definition) is 2. The van der Waals surface area contributed by atoms with E-state index >= 15 is 0 Å². The Balaban J connectivity index is 2.28. The second-order valence-corrected chi connectivity index (χ2v) is 6.17. The first-order valence-electron chi connectivity index (χ1n) is 6.17. The molecular formula is C13H18Br2N2. The van der Waals surface area contributed by atoms with Crippen LogP contribution in [0.15, 0.2) is 16.7 Å². The van der Waals surface area contributed by atoms with Crippen LogP contribution in [0.5, 0.6) is 0 Å². The Kier molecular flexibility index (Phi) is 4.86. The van der Waals surface area contributed by atoms with Gasteiger partial charge < -0.3 is 4.90 Å². The summed E-state index contributed by atoms with van der Waals surface area (Å²) in [7, 11) is 0. The lowest BCUT2D eigenvalue weighted by atomic mass is 10.1. The van der Waals surface area contributed by atoms with Crippen LogP contribution in [0, 0.1) is 6.92 Å². The minimum Gasteiger partial charge on any atom is -0.352 e. The fraction of sp³-hybridized carbons (Fsp3) is 0.615. The number of anilines is 1. The summed E-state index contributed by atoms with van der Waals surface area (Å²) >= 11 is 7.28. The highest BCUT2D eigenvalue weighted by atomic mass is 79.9. The van der Waals surface area contributed by atoms with E-state index in [4.69, 9.17) is 0 Å². The van der Waals surface area contributed by atoms with E-state index in [0.29, 0.717) is 6.04 Å². The van der Waals surface area contributed by atoms with E-state index in [9.17, 15) is 0 Å². The summed E-state index contributed by atoms with van der Waals surface area (Å²) in [5, 5.41) is 1.02. The highest BCUT2D eigenvalue weighted by Gasteiger charge is 2.22. The fourth-order valence-electron chi connectivity index (χ4n) is 2.35. The third-order valence-electron chi connectivity index (χ3n) is 3.29. The molecule has 0 radical (unpaired) electrons. The zero-order valence-corrected chi connectivity index (χ0v) is 13.3. The normalized spacial score (nSPS) is 21.4. The second kappa shape index (κ2) is 6.19. The van der Waals surface area contributed by atoms with Gasteiger partial charge in [-0.3, -0.25) is 0 Å². The van der Waals surface area contributed by atoms with Crippen molar-refractivity contribution in [1.82, 2.24) is 4.98 Å². The molecule has 0 N–H and O–H groups in total. The number of hydrogen-bond donors (Lipinski definition) is 0. The van der Waals surface area contributed by atoms with Crippen LogP contribution >= 0.6 is 31.9 Å². The Bertz CT molecular complexity index is 382. The third-order valence-corrected chi connectivity index (χ3v) is 4.62. The molecule has 0 bridgehead atoms. The minimum absolute atomic E-state index is 0.573. The third kappa shape index (κ3) is 3.22. The minimum atomic E-state index is 0.573. The smallest absolute Gasteiger partial charge is 0.143 e. The van der Waals surface area contributed by atoms with Gasteiger partial charge in [0.2, 0.25) is 0 Å². The summed E-state index contributed by atoms with van der Waals surface area (Å²) in [5.74, 6) is 1.10. The fourth-order valence-corrected chi connectivity index (χ4v) is 3.72. The van der Waals surface area contributed by atoms with Crippen LogP contribution in [0.4, 0.5) is 5.82 Å². The average Bonchev–Trinajstić information content (AvgIpc) is 2.54. The molecule has 1 saturated heterocycles. The van der Waals surface area contributed by atoms with Crippen LogP contribution in [0.25, 0.3) is 0 Å². The van der Waals surface area contributed by atoms with E-state index in [-0.39, 0.29) is 0 Å². The summed E-state index contributed by atoms with van der Waals surface area (Å²) in [6.07, 6.45) is 7.15. The van der Waals surface area contributed by atoms with Gasteiger partial charge in [0, 0.05) is 24.1 Å². The van der Waals surface area contributed by atoms with E-state index in [1.807, 2.05) is 6.20 Å². The van der Waals surface area contributed by atoms with Gasteiger partial charge in [0.1, 0.15) is 5.82 Å². The van der Waals surface area contributed by atoms with Crippen molar-refractivity contribution in [3.05, 3.63) is 22.3 Å². The number of alkyl halides is 1. The zero-order chi connectivity index (χ0) is 12.3. The average molecular weight is 362 g/mol. The molecule has 1 aromatic rings. The van der Waals surface area contributed by atoms with Gasteiger partial charge in [0.05, 0.1) is 4.47 Å². The summed E-state index contributed by atoms with van der Waals surface area (Å²) in [6, 6.07) is 2.72. The largest absolute Gasteiger partial charge is 0.352 e. The SMILES string of the molecule is Cc1cnc(N2CCCCCC2CBr)c(Br)c1. The van der Waals surface area contributed by atoms with Crippen molar-refractivity contribution in [3.63, 3.8) is 0 Å². The van der Waals surface area contributed by atoms with Crippen LogP contribution in [0.1, 0.15) is 31.2 Å². The maximum absolute atomic E-state index is 4.60. The summed E-state index contributed by atoms with van der Waals surface area (Å²) in [5.41, 5.74) is 1.20. The molecule has 2 heterocycles. The van der Waals surface area contributed by atoms with Gasteiger partial charge in [-0.25, -0.2) is 4.98 Å². The van der Waals surface area contributed by atoms with Crippen molar-refractivity contribution in [2.45, 2.75) is 38.6 Å². The molecule has 0 spiro atoms. The maximum Gasteiger partial charge on any atom is 0.143 e. The molecule has 1 fully saturated rings. The van der Waals surface area contributed by atoms with Gasteiger partial charge >= 0.3 is 0 Å². The monoisotopic (exact) mass is 360 g/mol. The van der Waals surface area contributed by atoms with E-state index in [1.165, 1.54) is 31.2 Å². The molecule has 1 aliphatic rings. The molecule has 1 aliphatic heterocycles. The predicted molar refractivity (Wildman–Crippen MR) is 80.1 cm³/mol. The molecule has 2 rings (SSSR count). The van der Waals surface area contributed by atoms with Gasteiger partial charge in [0.25, 0.3) is 0 Å². The summed E-state index contributed by atoms with van der Waals surface area (Å²) < 4.78 is 1.12. The van der Waals surface area contributed by atoms with Gasteiger partial charge in [-0.1, -0.05) is 28.8 Å². The number of aryl methyl sites for hydroxylation is 1. The molecule has 0 saturated carbocycles. The molecule has 4 heteroatoms. The first-order chi connectivity index (χ1) is 8.22. The van der Waals surface area contributed by atoms with Crippen molar-refractivity contribution in [2.24, 2.45) is 0 Å². The molecule has 0 aliphatic carbocycles. The standard InChI is InChI=1S/C13H18Br2N2/c1-10-7-12(15)13(16-9-10)17-6-4-2-3-5-11(17)8-14/h7,9,11H,2-6,8H2,1H3. The van der Waals surface area contributed by atoms with Crippen LogP contribution in [0.2, 0.25) is 0 Å². The maximum atomic E-state index is 4.60. The lowest BCUT2D eigenvalue weighted by molar-refractivity contribution is 0.620. The van der Waals surface area contributed by atoms with Gasteiger partial charge in [-0.2, -0.15) is 0 Å². The molecule has 1 unspecified atom stereocenters. The number of pyridine rings is 1. The van der Waals surface area contributed by atoms with Crippen LogP contribution in [-0.2, 0) is 0 Å². The zero-order valence-electron chi connectivity index (χ0n) is 10.1. The second-order valence-electron chi connectivity index (χ2n) is 4.67. The van der Waals surface area contributed by atoms with Crippen molar-refractivity contribution < 1.29 is 0 Å². The lowest BCUT2D eigenvalue weighted by Gasteiger charge is -2.30. The summed E-state index contributed by atoms with van der Waals surface area (Å²) in [6.45, 7) is 3.19. The topological polar surface area (TPSA) is 16.1 Å². The van der Waals surface area contributed by atoms with E-state index in [1.54, 1.807) is 0 Å². The van der Waals surface area contributed by atoms with E-state index in [2.05, 4.69) is 54.7 Å². The molecule has 1 atom stereocenters. The van der Waals surface area contributed by atoms with Gasteiger partial charge in [-0.05, 0) is 47.3 Å². The number of aromatic nitrogens is 1. The van der Waals surface area contributed by atoms with E-state index in [0.717, 1.165) is 22.2 Å². The van der Waals surface area contributed by atoms with Crippen molar-refractivity contribution >= 4 is 37.7 Å². The number of nitrogens with zero attached hydrogens (tertiary/aromatic N) is 2. The van der Waals surface area contributed by atoms with Crippen molar-refractivity contribution in [1.29, 1.82) is 0 Å². The Labute approximate surface area is 120 Å². The van der Waals surface area contributed by atoms with Crippen LogP contribution < -0.4 is 4.90 Å². The lowest BCUT2D eigenvalue weighted by Crippen LogP contribution is -2.37. The molecule has 1 aromatic heterocycles. The molecule has 0 amide bonds. The van der Waals surface area contributed by atoms with Crippen LogP contribution in [0.3, 0.4) is 0 Å². The molecule has 94 valence electrons. The van der Waals surface area contributed by atoms with E-state index < -0.39 is 0 Å². The van der Waals surface area contributed by atoms with Crippen LogP contribution in [-0.4, -0.2) is 22.9 Å². The Morgan fingerprint density at radius 2 is 2.24 bits per heavy atom. The molecular weight excluding hydrogens is 344 g/mol. The molecule has 17 heavy (non-hydrogen) atoms. The van der Waals surface area contributed by atoms with Gasteiger partial charge in [-0.15, -0.1) is 0 Å². The highest BCUT2D eigenvalue weighted by Crippen LogP contribution is 2.30. The molecule has 0 aromatic carbocycles. The first-order valence-corrected chi connectivity index (χ1v) is 8.08. The quantitative estimate of drug-likeness (QED) is 0.730. The Hall–Kier alpha value is -0.0900. The Morgan fingerprint density at radius 3 is 2.94 bits per heavy atom. The van der Waals surface area contributed by atoms with Gasteiger partial charge in [0.15, 0.2) is 0 Å². The van der Waals surface area contributed by atoms with Crippen molar-refractivity contribution in [3.8, 4) is 0 Å². The van der Waals surface area contributed by atoms with Crippen molar-refractivity contribution in [2.75, 3.05) is 16.8 Å². The summed E-state index contributed by atoms with van der Waals surface area (Å²) in [4.78, 5) is 7.05. The number of halogens is 2. The number of rotatable bonds is 2. The molecule has 2 nitrogen and oxygen atoms in total. The predicted octanol–water partition coefficient (Wildman–Crippen LogP) is 4.30.